The first-order valence-electron chi connectivity index (χ1n) is 8.25. The fourth-order valence-corrected chi connectivity index (χ4v) is 3.48. The molecule has 3 amide bonds. The zero-order valence-corrected chi connectivity index (χ0v) is 15.8. The van der Waals surface area contributed by atoms with Gasteiger partial charge in [-0.1, -0.05) is 12.1 Å². The number of rotatable bonds is 5. The monoisotopic (exact) mass is 388 g/mol. The van der Waals surface area contributed by atoms with Crippen LogP contribution in [0.25, 0.3) is 0 Å². The highest BCUT2D eigenvalue weighted by Crippen LogP contribution is 2.30. The Morgan fingerprint density at radius 2 is 1.52 bits per heavy atom. The molecule has 2 aromatic rings. The van der Waals surface area contributed by atoms with Crippen molar-refractivity contribution < 1.29 is 18.0 Å². The van der Waals surface area contributed by atoms with Crippen LogP contribution in [0, 0.1) is 0 Å². The molecule has 0 aliphatic carbocycles. The highest BCUT2D eigenvalue weighted by Gasteiger charge is 2.50. The van der Waals surface area contributed by atoms with Crippen LogP contribution in [0.15, 0.2) is 53.7 Å². The van der Waals surface area contributed by atoms with Gasteiger partial charge < -0.3 is 4.90 Å². The Labute approximate surface area is 157 Å². The molecule has 0 spiro atoms. The van der Waals surface area contributed by atoms with Crippen LogP contribution in [-0.2, 0) is 27.9 Å². The van der Waals surface area contributed by atoms with E-state index in [0.717, 1.165) is 5.56 Å². The molecule has 27 heavy (non-hydrogen) atoms. The number of urea groups is 1. The molecular weight excluding hydrogens is 368 g/mol. The van der Waals surface area contributed by atoms with E-state index < -0.39 is 21.6 Å². The van der Waals surface area contributed by atoms with Gasteiger partial charge in [-0.25, -0.2) is 18.4 Å². The Morgan fingerprint density at radius 1 is 0.963 bits per heavy atom. The van der Waals surface area contributed by atoms with Gasteiger partial charge in [-0.2, -0.15) is 0 Å². The molecule has 2 N–H and O–H groups in total. The quantitative estimate of drug-likeness (QED) is 0.779. The van der Waals surface area contributed by atoms with Crippen molar-refractivity contribution >= 4 is 22.0 Å². The third-order valence-corrected chi connectivity index (χ3v) is 5.52. The maximum atomic E-state index is 12.9. The number of nitrogens with two attached hydrogens (primary N) is 1. The van der Waals surface area contributed by atoms with E-state index in [1.165, 1.54) is 21.9 Å². The average molecular weight is 388 g/mol. The lowest BCUT2D eigenvalue weighted by Crippen LogP contribution is -2.43. The zero-order chi connectivity index (χ0) is 19.8. The Kier molecular flexibility index (Phi) is 4.75. The van der Waals surface area contributed by atoms with E-state index in [2.05, 4.69) is 4.98 Å². The normalized spacial score (nSPS) is 16.9. The fourth-order valence-electron chi connectivity index (χ4n) is 2.96. The third kappa shape index (κ3) is 3.69. The second-order valence-electron chi connectivity index (χ2n) is 6.86. The van der Waals surface area contributed by atoms with Crippen molar-refractivity contribution in [1.82, 2.24) is 14.8 Å². The summed E-state index contributed by atoms with van der Waals surface area (Å²) in [4.78, 5) is 32.3. The summed E-state index contributed by atoms with van der Waals surface area (Å²) in [5.41, 5.74) is 0.519. The van der Waals surface area contributed by atoms with Crippen molar-refractivity contribution in [3.63, 3.8) is 0 Å². The van der Waals surface area contributed by atoms with Crippen molar-refractivity contribution in [1.29, 1.82) is 0 Å². The number of sulfonamides is 1. The van der Waals surface area contributed by atoms with E-state index in [-0.39, 0.29) is 17.3 Å². The van der Waals surface area contributed by atoms with Crippen LogP contribution in [0.5, 0.6) is 0 Å². The molecule has 1 aromatic heterocycles. The van der Waals surface area contributed by atoms with Gasteiger partial charge in [0, 0.05) is 18.9 Å². The minimum atomic E-state index is -3.79. The molecule has 3 rings (SSSR count). The molecule has 0 bridgehead atoms. The summed E-state index contributed by atoms with van der Waals surface area (Å²) in [6, 6.07) is 8.99. The van der Waals surface area contributed by atoms with E-state index in [1.807, 2.05) is 0 Å². The van der Waals surface area contributed by atoms with E-state index in [9.17, 15) is 18.0 Å². The van der Waals surface area contributed by atoms with Crippen LogP contribution in [0.4, 0.5) is 4.79 Å². The molecule has 9 heteroatoms. The van der Waals surface area contributed by atoms with Gasteiger partial charge in [-0.15, -0.1) is 0 Å². The lowest BCUT2D eigenvalue weighted by Gasteiger charge is -2.27. The van der Waals surface area contributed by atoms with E-state index in [0.29, 0.717) is 12.1 Å². The second kappa shape index (κ2) is 6.75. The molecule has 1 aliphatic heterocycles. The Hall–Kier alpha value is -2.78. The van der Waals surface area contributed by atoms with Crippen molar-refractivity contribution in [2.45, 2.75) is 37.4 Å². The standard InChI is InChI=1S/C18H20N4O4S/c1-18(2)16(23)21(11-13-3-5-15(6-4-13)27(19,25)26)17(24)22(18)12-14-7-9-20-10-8-14/h3-10H,11-12H2,1-2H3,(H2,19,25,26). The average Bonchev–Trinajstić information content (AvgIpc) is 2.77. The van der Waals surface area contributed by atoms with E-state index >= 15 is 0 Å². The van der Waals surface area contributed by atoms with E-state index in [4.69, 9.17) is 5.14 Å². The topological polar surface area (TPSA) is 114 Å². The van der Waals surface area contributed by atoms with Crippen LogP contribution >= 0.6 is 0 Å². The number of hydrogen-bond donors (Lipinski definition) is 1. The third-order valence-electron chi connectivity index (χ3n) is 4.59. The number of carbonyl (C=O) groups excluding carboxylic acids is 2. The van der Waals surface area contributed by atoms with Crippen LogP contribution < -0.4 is 5.14 Å². The van der Waals surface area contributed by atoms with Gasteiger partial charge in [0.1, 0.15) is 5.54 Å². The van der Waals surface area contributed by atoms with Gasteiger partial charge >= 0.3 is 6.03 Å². The van der Waals surface area contributed by atoms with Crippen LogP contribution in [0.3, 0.4) is 0 Å². The number of benzene rings is 1. The summed E-state index contributed by atoms with van der Waals surface area (Å²) < 4.78 is 22.7. The largest absolute Gasteiger partial charge is 0.328 e. The molecule has 142 valence electrons. The van der Waals surface area contributed by atoms with Gasteiger partial charge in [0.25, 0.3) is 5.91 Å². The summed E-state index contributed by atoms with van der Waals surface area (Å²) in [5, 5.41) is 5.08. The molecule has 1 fully saturated rings. The highest BCUT2D eigenvalue weighted by atomic mass is 32.2. The SMILES string of the molecule is CC1(C)C(=O)N(Cc2ccc(S(N)(=O)=O)cc2)C(=O)N1Cc1ccncc1. The van der Waals surface area contributed by atoms with Gasteiger partial charge in [0.15, 0.2) is 0 Å². The molecular formula is C18H20N4O4S. The van der Waals surface area contributed by atoms with Crippen molar-refractivity contribution in [2.75, 3.05) is 0 Å². The maximum absolute atomic E-state index is 12.9. The molecule has 0 atom stereocenters. The molecule has 1 aliphatic rings. The van der Waals surface area contributed by atoms with Gasteiger partial charge in [0.2, 0.25) is 10.0 Å². The summed E-state index contributed by atoms with van der Waals surface area (Å²) in [6.45, 7) is 3.76. The molecule has 2 heterocycles. The molecule has 0 unspecified atom stereocenters. The minimum Gasteiger partial charge on any atom is -0.306 e. The first kappa shape index (κ1) is 19.0. The summed E-state index contributed by atoms with van der Waals surface area (Å²) in [6.07, 6.45) is 3.27. The number of hydrogen-bond acceptors (Lipinski definition) is 5. The fraction of sp³-hybridized carbons (Fsp3) is 0.278. The summed E-state index contributed by atoms with van der Waals surface area (Å²) in [5.74, 6) is -0.308. The summed E-state index contributed by atoms with van der Waals surface area (Å²) in [7, 11) is -3.79. The molecule has 0 saturated carbocycles. The summed E-state index contributed by atoms with van der Waals surface area (Å²) >= 11 is 0. The van der Waals surface area contributed by atoms with Gasteiger partial charge in [0.05, 0.1) is 11.4 Å². The first-order chi connectivity index (χ1) is 12.6. The van der Waals surface area contributed by atoms with Crippen molar-refractivity contribution in [3.8, 4) is 0 Å². The minimum absolute atomic E-state index is 0.0232. The Balaban J connectivity index is 1.82. The zero-order valence-electron chi connectivity index (χ0n) is 15.0. The number of amides is 3. The highest BCUT2D eigenvalue weighted by molar-refractivity contribution is 7.89. The van der Waals surface area contributed by atoms with Crippen molar-refractivity contribution in [3.05, 3.63) is 59.9 Å². The lowest BCUT2D eigenvalue weighted by atomic mass is 10.0. The van der Waals surface area contributed by atoms with Crippen LogP contribution in [0.2, 0.25) is 0 Å². The maximum Gasteiger partial charge on any atom is 0.328 e. The molecule has 8 nitrogen and oxygen atoms in total. The van der Waals surface area contributed by atoms with Gasteiger partial charge in [-0.05, 0) is 49.2 Å². The predicted molar refractivity (Wildman–Crippen MR) is 97.6 cm³/mol. The van der Waals surface area contributed by atoms with E-state index in [1.54, 1.807) is 50.5 Å². The Morgan fingerprint density at radius 3 is 2.07 bits per heavy atom. The predicted octanol–water partition coefficient (Wildman–Crippen LogP) is 1.47. The molecule has 1 saturated heterocycles. The molecule has 1 aromatic carbocycles. The smallest absolute Gasteiger partial charge is 0.306 e. The number of nitrogens with zero attached hydrogens (tertiary/aromatic N) is 3. The van der Waals surface area contributed by atoms with Crippen molar-refractivity contribution in [2.24, 2.45) is 5.14 Å². The van der Waals surface area contributed by atoms with Crippen LogP contribution in [-0.4, -0.2) is 40.7 Å². The van der Waals surface area contributed by atoms with Crippen LogP contribution in [0.1, 0.15) is 25.0 Å². The first-order valence-corrected chi connectivity index (χ1v) is 9.79. The number of primary sulfonamides is 1. The lowest BCUT2D eigenvalue weighted by molar-refractivity contribution is -0.132. The van der Waals surface area contributed by atoms with Gasteiger partial charge in [-0.3, -0.25) is 14.7 Å². The second-order valence-corrected chi connectivity index (χ2v) is 8.42. The number of aromatic nitrogens is 1. The molecule has 0 radical (unpaired) electrons. The number of carbonyl (C=O) groups is 2. The number of imide groups is 1. The number of pyridine rings is 1. The Bertz CT molecular complexity index is 972.